The van der Waals surface area contributed by atoms with Gasteiger partial charge in [0.1, 0.15) is 0 Å². The first kappa shape index (κ1) is 12.3. The van der Waals surface area contributed by atoms with Crippen molar-refractivity contribution >= 4 is 21.5 Å². The lowest BCUT2D eigenvalue weighted by molar-refractivity contribution is 1.70. The Morgan fingerprint density at radius 2 is 0.850 bits per heavy atom. The van der Waals surface area contributed by atoms with Crippen LogP contribution in [0.3, 0.4) is 0 Å². The largest absolute Gasteiger partial charge is 0.101 e. The van der Waals surface area contributed by atoms with Crippen molar-refractivity contribution in [1.82, 2.24) is 0 Å². The summed E-state index contributed by atoms with van der Waals surface area (Å²) in [7, 11) is 0. The molecular formula is C20H14. The van der Waals surface area contributed by atoms with Crippen LogP contribution in [0.2, 0.25) is 0 Å². The zero-order chi connectivity index (χ0) is 13.9. The molecule has 94 valence electrons. The predicted octanol–water partition coefficient (Wildman–Crippen LogP) is 4.74. The van der Waals surface area contributed by atoms with E-state index in [4.69, 9.17) is 0 Å². The van der Waals surface area contributed by atoms with Crippen LogP contribution in [0.25, 0.3) is 21.5 Å². The highest BCUT2D eigenvalue weighted by Crippen LogP contribution is 2.31. The highest BCUT2D eigenvalue weighted by atomic mass is 14.1. The molecule has 0 radical (unpaired) electrons. The fourth-order valence-corrected chi connectivity index (χ4v) is 2.65. The van der Waals surface area contributed by atoms with E-state index in [2.05, 4.69) is 72.2 Å². The fraction of sp³-hybridized carbons (Fsp3) is 0.100. The molecule has 0 aliphatic rings. The Labute approximate surface area is 119 Å². The average molecular weight is 254 g/mol. The first-order chi connectivity index (χ1) is 9.86. The second kappa shape index (κ2) is 5.12. The van der Waals surface area contributed by atoms with Crippen molar-refractivity contribution in [1.29, 1.82) is 0 Å². The normalized spacial score (nSPS) is 9.70. The minimum Gasteiger partial charge on any atom is -0.101 e. The molecule has 0 heterocycles. The van der Waals surface area contributed by atoms with Gasteiger partial charge in [0.25, 0.3) is 0 Å². The zero-order valence-electron chi connectivity index (χ0n) is 11.6. The molecule has 0 nitrogen and oxygen atoms in total. The number of hydrogen-bond acceptors (Lipinski definition) is 0. The Kier molecular flexibility index (Phi) is 3.16. The fourth-order valence-electron chi connectivity index (χ4n) is 2.65. The van der Waals surface area contributed by atoms with Gasteiger partial charge in [-0.1, -0.05) is 60.4 Å². The molecule has 3 aromatic carbocycles. The van der Waals surface area contributed by atoms with Crippen molar-refractivity contribution < 1.29 is 0 Å². The van der Waals surface area contributed by atoms with Crippen LogP contribution in [-0.4, -0.2) is 0 Å². The maximum Gasteiger partial charge on any atom is 0.0402 e. The zero-order valence-corrected chi connectivity index (χ0v) is 11.6. The lowest BCUT2D eigenvalue weighted by atomic mass is 9.92. The summed E-state index contributed by atoms with van der Waals surface area (Å²) in [6, 6.07) is 16.7. The molecule has 0 spiro atoms. The summed E-state index contributed by atoms with van der Waals surface area (Å²) in [5.74, 6) is 12.6. The second-order valence-corrected chi connectivity index (χ2v) is 4.59. The Morgan fingerprint density at radius 3 is 1.10 bits per heavy atom. The summed E-state index contributed by atoms with van der Waals surface area (Å²) in [6.07, 6.45) is 0. The first-order valence-corrected chi connectivity index (χ1v) is 6.65. The van der Waals surface area contributed by atoms with E-state index in [-0.39, 0.29) is 0 Å². The number of fused-ring (bicyclic) bond motifs is 2. The van der Waals surface area contributed by atoms with Crippen LogP contribution in [0.4, 0.5) is 0 Å². The molecule has 0 atom stereocenters. The molecule has 0 saturated carbocycles. The average Bonchev–Trinajstić information content (AvgIpc) is 2.50. The number of benzene rings is 3. The molecular weight excluding hydrogens is 240 g/mol. The maximum atomic E-state index is 3.26. The van der Waals surface area contributed by atoms with Crippen molar-refractivity contribution in [2.75, 3.05) is 0 Å². The molecule has 0 saturated heterocycles. The van der Waals surface area contributed by atoms with Gasteiger partial charge in [-0.25, -0.2) is 0 Å². The van der Waals surface area contributed by atoms with E-state index in [0.717, 1.165) is 11.1 Å². The smallest absolute Gasteiger partial charge is 0.0402 e. The molecule has 0 fully saturated rings. The first-order valence-electron chi connectivity index (χ1n) is 6.65. The Balaban J connectivity index is 2.66. The standard InChI is InChI=1S/C20H14/c1-3-9-15-17-11-5-7-13-19(17)16(10-4-2)20-14-8-6-12-18(15)20/h5-8,11-14H,1-2H3. The minimum atomic E-state index is 1.10. The Morgan fingerprint density at radius 1 is 0.550 bits per heavy atom. The van der Waals surface area contributed by atoms with E-state index in [1.165, 1.54) is 21.5 Å². The third kappa shape index (κ3) is 1.83. The van der Waals surface area contributed by atoms with Gasteiger partial charge >= 0.3 is 0 Å². The Bertz CT molecular complexity index is 787. The van der Waals surface area contributed by atoms with Gasteiger partial charge in [-0.05, 0) is 35.4 Å². The summed E-state index contributed by atoms with van der Waals surface area (Å²) >= 11 is 0. The highest BCUT2D eigenvalue weighted by molar-refractivity contribution is 6.09. The van der Waals surface area contributed by atoms with E-state index < -0.39 is 0 Å². The molecule has 0 heteroatoms. The van der Waals surface area contributed by atoms with Gasteiger partial charge < -0.3 is 0 Å². The van der Waals surface area contributed by atoms with Crippen LogP contribution >= 0.6 is 0 Å². The molecule has 0 unspecified atom stereocenters. The van der Waals surface area contributed by atoms with Gasteiger partial charge in [-0.2, -0.15) is 0 Å². The van der Waals surface area contributed by atoms with Crippen LogP contribution < -0.4 is 0 Å². The second-order valence-electron chi connectivity index (χ2n) is 4.59. The molecule has 20 heavy (non-hydrogen) atoms. The Hall–Kier alpha value is -2.70. The maximum absolute atomic E-state index is 3.26. The minimum absolute atomic E-state index is 1.10. The van der Waals surface area contributed by atoms with E-state index in [1.54, 1.807) is 0 Å². The summed E-state index contributed by atoms with van der Waals surface area (Å²) in [4.78, 5) is 0. The van der Waals surface area contributed by atoms with Crippen molar-refractivity contribution in [2.45, 2.75) is 13.8 Å². The summed E-state index contributed by atoms with van der Waals surface area (Å²) in [6.45, 7) is 3.76. The lowest BCUT2D eigenvalue weighted by Crippen LogP contribution is -1.89. The van der Waals surface area contributed by atoms with Gasteiger partial charge in [-0.3, -0.25) is 0 Å². The van der Waals surface area contributed by atoms with Crippen molar-refractivity contribution in [3.8, 4) is 23.7 Å². The third-order valence-electron chi connectivity index (χ3n) is 3.43. The summed E-state index contributed by atoms with van der Waals surface area (Å²) in [5.41, 5.74) is 2.20. The van der Waals surface area contributed by atoms with Gasteiger partial charge in [0.05, 0.1) is 0 Å². The van der Waals surface area contributed by atoms with E-state index in [0.29, 0.717) is 0 Å². The lowest BCUT2D eigenvalue weighted by Gasteiger charge is -2.10. The molecule has 0 amide bonds. The van der Waals surface area contributed by atoms with Crippen molar-refractivity contribution in [3.63, 3.8) is 0 Å². The van der Waals surface area contributed by atoms with Crippen LogP contribution in [0, 0.1) is 23.7 Å². The molecule has 0 N–H and O–H groups in total. The quantitative estimate of drug-likeness (QED) is 0.401. The SMILES string of the molecule is CC#Cc1c2ccccc2c(C#CC)c2ccccc12. The van der Waals surface area contributed by atoms with Crippen molar-refractivity contribution in [3.05, 3.63) is 59.7 Å². The monoisotopic (exact) mass is 254 g/mol. The van der Waals surface area contributed by atoms with Crippen LogP contribution in [0.15, 0.2) is 48.5 Å². The van der Waals surface area contributed by atoms with E-state index >= 15 is 0 Å². The van der Waals surface area contributed by atoms with Crippen molar-refractivity contribution in [2.24, 2.45) is 0 Å². The predicted molar refractivity (Wildman–Crippen MR) is 86.6 cm³/mol. The molecule has 3 aromatic rings. The molecule has 0 aromatic heterocycles. The third-order valence-corrected chi connectivity index (χ3v) is 3.43. The highest BCUT2D eigenvalue weighted by Gasteiger charge is 2.10. The molecule has 0 aliphatic carbocycles. The number of hydrogen-bond donors (Lipinski definition) is 0. The van der Waals surface area contributed by atoms with Crippen LogP contribution in [-0.2, 0) is 0 Å². The van der Waals surface area contributed by atoms with E-state index in [9.17, 15) is 0 Å². The number of rotatable bonds is 0. The van der Waals surface area contributed by atoms with E-state index in [1.807, 2.05) is 13.8 Å². The van der Waals surface area contributed by atoms with Gasteiger partial charge in [0, 0.05) is 11.1 Å². The van der Waals surface area contributed by atoms with Gasteiger partial charge in [-0.15, -0.1) is 11.8 Å². The van der Waals surface area contributed by atoms with Crippen LogP contribution in [0.5, 0.6) is 0 Å². The molecule has 0 bridgehead atoms. The summed E-state index contributed by atoms with van der Waals surface area (Å²) < 4.78 is 0. The summed E-state index contributed by atoms with van der Waals surface area (Å²) in [5, 5.41) is 4.72. The topological polar surface area (TPSA) is 0 Å². The molecule has 3 rings (SSSR count). The van der Waals surface area contributed by atoms with Gasteiger partial charge in [0.15, 0.2) is 0 Å². The van der Waals surface area contributed by atoms with Gasteiger partial charge in [0.2, 0.25) is 0 Å². The molecule has 0 aliphatic heterocycles. The van der Waals surface area contributed by atoms with Crippen LogP contribution in [0.1, 0.15) is 25.0 Å².